The highest BCUT2D eigenvalue weighted by Crippen LogP contribution is 2.64. The molecule has 1 aromatic rings. The average Bonchev–Trinajstić information content (AvgIpc) is 2.96. The SMILES string of the molecule is C[C@H]1c2ccoc2C[C@H]2[C@H]1CC[C@@H]1[C@]2(C)CCC[C@]1(C)C(=O)O. The molecular weight excluding hydrogens is 288 g/mol. The lowest BCUT2D eigenvalue weighted by atomic mass is 9.43. The second-order valence-electron chi connectivity index (χ2n) is 8.77. The summed E-state index contributed by atoms with van der Waals surface area (Å²) in [5.41, 5.74) is 0.975. The molecule has 1 N–H and O–H groups in total. The summed E-state index contributed by atoms with van der Waals surface area (Å²) >= 11 is 0. The third-order valence-electron chi connectivity index (χ3n) is 7.94. The number of furan rings is 1. The van der Waals surface area contributed by atoms with Gasteiger partial charge in [0.15, 0.2) is 0 Å². The molecule has 0 bridgehead atoms. The first-order chi connectivity index (χ1) is 10.9. The quantitative estimate of drug-likeness (QED) is 0.804. The van der Waals surface area contributed by atoms with Crippen molar-refractivity contribution in [2.24, 2.45) is 28.6 Å². The highest BCUT2D eigenvalue weighted by atomic mass is 16.4. The fraction of sp³-hybridized carbons (Fsp3) is 0.750. The van der Waals surface area contributed by atoms with Crippen molar-refractivity contribution in [1.82, 2.24) is 0 Å². The van der Waals surface area contributed by atoms with E-state index in [0.717, 1.165) is 31.4 Å². The van der Waals surface area contributed by atoms with Gasteiger partial charge in [0.2, 0.25) is 0 Å². The van der Waals surface area contributed by atoms with Gasteiger partial charge >= 0.3 is 5.97 Å². The summed E-state index contributed by atoms with van der Waals surface area (Å²) in [6.45, 7) is 6.73. The maximum absolute atomic E-state index is 12.0. The maximum Gasteiger partial charge on any atom is 0.309 e. The van der Waals surface area contributed by atoms with Crippen molar-refractivity contribution in [3.63, 3.8) is 0 Å². The second-order valence-corrected chi connectivity index (χ2v) is 8.77. The summed E-state index contributed by atoms with van der Waals surface area (Å²) in [5, 5.41) is 9.91. The number of fused-ring (bicyclic) bond motifs is 4. The van der Waals surface area contributed by atoms with E-state index < -0.39 is 11.4 Å². The van der Waals surface area contributed by atoms with Gasteiger partial charge in [-0.15, -0.1) is 0 Å². The number of carboxylic acid groups (broad SMARTS) is 1. The highest BCUT2D eigenvalue weighted by Gasteiger charge is 2.60. The molecule has 2 saturated carbocycles. The van der Waals surface area contributed by atoms with Gasteiger partial charge in [-0.25, -0.2) is 0 Å². The maximum atomic E-state index is 12.0. The third kappa shape index (κ3) is 1.91. The van der Waals surface area contributed by atoms with Crippen LogP contribution in [0.1, 0.15) is 70.1 Å². The Hall–Kier alpha value is -1.25. The lowest BCUT2D eigenvalue weighted by Gasteiger charge is -2.60. The average molecular weight is 316 g/mol. The largest absolute Gasteiger partial charge is 0.481 e. The van der Waals surface area contributed by atoms with E-state index in [2.05, 4.69) is 19.9 Å². The minimum atomic E-state index is -0.588. The van der Waals surface area contributed by atoms with Gasteiger partial charge in [0, 0.05) is 6.42 Å². The van der Waals surface area contributed by atoms with Crippen LogP contribution in [0.3, 0.4) is 0 Å². The van der Waals surface area contributed by atoms with Gasteiger partial charge in [-0.2, -0.15) is 0 Å². The number of hydrogen-bond donors (Lipinski definition) is 1. The predicted octanol–water partition coefficient (Wildman–Crippen LogP) is 4.86. The summed E-state index contributed by atoms with van der Waals surface area (Å²) in [7, 11) is 0. The monoisotopic (exact) mass is 316 g/mol. The number of carbonyl (C=O) groups is 1. The molecule has 6 atom stereocenters. The molecule has 0 amide bonds. The van der Waals surface area contributed by atoms with Crippen LogP contribution in [0.25, 0.3) is 0 Å². The van der Waals surface area contributed by atoms with E-state index >= 15 is 0 Å². The lowest BCUT2D eigenvalue weighted by Crippen LogP contribution is -2.56. The van der Waals surface area contributed by atoms with Gasteiger partial charge in [0.1, 0.15) is 5.76 Å². The van der Waals surface area contributed by atoms with Crippen molar-refractivity contribution >= 4 is 5.97 Å². The summed E-state index contributed by atoms with van der Waals surface area (Å²) in [6, 6.07) is 2.15. The normalized spacial score (nSPS) is 45.7. The predicted molar refractivity (Wildman–Crippen MR) is 88.2 cm³/mol. The third-order valence-corrected chi connectivity index (χ3v) is 7.94. The zero-order valence-electron chi connectivity index (χ0n) is 14.5. The smallest absolute Gasteiger partial charge is 0.309 e. The van der Waals surface area contributed by atoms with Crippen LogP contribution in [0.15, 0.2) is 16.7 Å². The van der Waals surface area contributed by atoms with Crippen LogP contribution in [0.5, 0.6) is 0 Å². The van der Waals surface area contributed by atoms with Crippen molar-refractivity contribution in [2.45, 2.75) is 65.2 Å². The van der Waals surface area contributed by atoms with Crippen molar-refractivity contribution in [3.05, 3.63) is 23.7 Å². The van der Waals surface area contributed by atoms with Crippen molar-refractivity contribution in [2.75, 3.05) is 0 Å². The lowest BCUT2D eigenvalue weighted by molar-refractivity contribution is -0.171. The molecule has 1 heterocycles. The molecule has 3 nitrogen and oxygen atoms in total. The molecule has 3 heteroatoms. The van der Waals surface area contributed by atoms with Crippen LogP contribution in [-0.4, -0.2) is 11.1 Å². The Morgan fingerprint density at radius 1 is 1.30 bits per heavy atom. The van der Waals surface area contributed by atoms with E-state index in [0.29, 0.717) is 23.7 Å². The molecule has 23 heavy (non-hydrogen) atoms. The number of aliphatic carboxylic acids is 1. The second kappa shape index (κ2) is 4.87. The Morgan fingerprint density at radius 2 is 2.09 bits per heavy atom. The van der Waals surface area contributed by atoms with E-state index in [1.807, 2.05) is 13.2 Å². The van der Waals surface area contributed by atoms with E-state index in [1.54, 1.807) is 0 Å². The summed E-state index contributed by atoms with van der Waals surface area (Å²) in [5.74, 6) is 2.65. The molecule has 0 unspecified atom stereocenters. The summed E-state index contributed by atoms with van der Waals surface area (Å²) < 4.78 is 5.78. The van der Waals surface area contributed by atoms with E-state index in [9.17, 15) is 9.90 Å². The molecule has 0 aromatic carbocycles. The first-order valence-electron chi connectivity index (χ1n) is 9.17. The number of carboxylic acids is 1. The molecule has 3 aliphatic rings. The standard InChI is InChI=1S/C20H28O3/c1-12-13-5-6-17-19(2,8-4-9-20(17,3)18(21)22)15(13)11-16-14(12)7-10-23-16/h7,10,12-13,15,17H,4-6,8-9,11H2,1-3H3,(H,21,22)/t12-,13+,15+,17-,19-,20+/m1/s1. The van der Waals surface area contributed by atoms with Crippen LogP contribution in [-0.2, 0) is 11.2 Å². The topological polar surface area (TPSA) is 50.4 Å². The molecule has 0 aliphatic heterocycles. The molecule has 3 aliphatic carbocycles. The van der Waals surface area contributed by atoms with Gasteiger partial charge < -0.3 is 9.52 Å². The Morgan fingerprint density at radius 3 is 2.83 bits per heavy atom. The first kappa shape index (κ1) is 15.3. The number of hydrogen-bond acceptors (Lipinski definition) is 2. The van der Waals surface area contributed by atoms with Gasteiger partial charge in [-0.05, 0) is 73.3 Å². The van der Waals surface area contributed by atoms with Crippen molar-refractivity contribution < 1.29 is 14.3 Å². The number of rotatable bonds is 1. The Kier molecular flexibility index (Phi) is 3.24. The van der Waals surface area contributed by atoms with Gasteiger partial charge in [-0.3, -0.25) is 4.79 Å². The molecule has 2 fully saturated rings. The first-order valence-corrected chi connectivity index (χ1v) is 9.17. The van der Waals surface area contributed by atoms with Gasteiger partial charge in [-0.1, -0.05) is 20.3 Å². The van der Waals surface area contributed by atoms with Crippen LogP contribution in [0.2, 0.25) is 0 Å². The van der Waals surface area contributed by atoms with E-state index in [4.69, 9.17) is 4.42 Å². The molecular formula is C20H28O3. The molecule has 0 radical (unpaired) electrons. The van der Waals surface area contributed by atoms with Crippen molar-refractivity contribution in [3.8, 4) is 0 Å². The zero-order chi connectivity index (χ0) is 16.4. The Bertz CT molecular complexity index is 633. The minimum Gasteiger partial charge on any atom is -0.481 e. The van der Waals surface area contributed by atoms with Gasteiger partial charge in [0.05, 0.1) is 11.7 Å². The molecule has 0 spiro atoms. The fourth-order valence-corrected chi connectivity index (χ4v) is 6.65. The van der Waals surface area contributed by atoms with E-state index in [-0.39, 0.29) is 5.41 Å². The van der Waals surface area contributed by atoms with Crippen LogP contribution >= 0.6 is 0 Å². The minimum absolute atomic E-state index is 0.132. The van der Waals surface area contributed by atoms with E-state index in [1.165, 1.54) is 18.4 Å². The van der Waals surface area contributed by atoms with Crippen molar-refractivity contribution in [1.29, 1.82) is 0 Å². The molecule has 0 saturated heterocycles. The zero-order valence-corrected chi connectivity index (χ0v) is 14.5. The van der Waals surface area contributed by atoms with Crippen LogP contribution in [0, 0.1) is 28.6 Å². The fourth-order valence-electron chi connectivity index (χ4n) is 6.65. The summed E-state index contributed by atoms with van der Waals surface area (Å²) in [6.07, 6.45) is 8.11. The highest BCUT2D eigenvalue weighted by molar-refractivity contribution is 5.75. The Labute approximate surface area is 138 Å². The van der Waals surface area contributed by atoms with Crippen LogP contribution < -0.4 is 0 Å². The molecule has 1 aromatic heterocycles. The molecule has 4 rings (SSSR count). The Balaban J connectivity index is 1.75. The van der Waals surface area contributed by atoms with Gasteiger partial charge in [0.25, 0.3) is 0 Å². The summed E-state index contributed by atoms with van der Waals surface area (Å²) in [4.78, 5) is 12.0. The molecule has 126 valence electrons. The van der Waals surface area contributed by atoms with Crippen LogP contribution in [0.4, 0.5) is 0 Å².